The van der Waals surface area contributed by atoms with Gasteiger partial charge in [-0.15, -0.1) is 0 Å². The Balaban J connectivity index is 0.906. The van der Waals surface area contributed by atoms with Crippen molar-refractivity contribution >= 4 is 28.7 Å². The molecule has 4 saturated heterocycles. The number of ether oxygens (including phenoxy) is 1. The van der Waals surface area contributed by atoms with Crippen LogP contribution in [-0.4, -0.2) is 113 Å². The number of aromatic amines is 1. The average molecular weight is 750 g/mol. The standard InChI is InChI=1S/C43H51N5O7/c1-2-47(22-6-21-44-27-36(50)33-13-15-35(49)39-34(33)14-16-38(51)45-39)40(52)30-9-11-31(12-10-30)41(53)48-25-19-43(20-26-48,32-7-4-3-5-8-32)42(54)55-37-28-46-23-17-29(37)18-24-46/h3-5,7-16,29,36-37,44,49-50H,2,6,17-28H2,1H3,(H,45,51). The zero-order valence-corrected chi connectivity index (χ0v) is 31.4. The highest BCUT2D eigenvalue weighted by molar-refractivity contribution is 5.98. The van der Waals surface area contributed by atoms with Crippen LogP contribution in [0.5, 0.6) is 5.75 Å². The van der Waals surface area contributed by atoms with E-state index in [0.29, 0.717) is 80.0 Å². The number of esters is 1. The lowest BCUT2D eigenvalue weighted by Gasteiger charge is -2.46. The largest absolute Gasteiger partial charge is 0.506 e. The Kier molecular flexibility index (Phi) is 11.7. The molecule has 290 valence electrons. The van der Waals surface area contributed by atoms with Gasteiger partial charge in [-0.25, -0.2) is 0 Å². The van der Waals surface area contributed by atoms with Crippen LogP contribution in [0.4, 0.5) is 0 Å². The smallest absolute Gasteiger partial charge is 0.317 e. The van der Waals surface area contributed by atoms with Gasteiger partial charge in [0.1, 0.15) is 11.9 Å². The molecule has 0 radical (unpaired) electrons. The second-order valence-corrected chi connectivity index (χ2v) is 15.1. The summed E-state index contributed by atoms with van der Waals surface area (Å²) >= 11 is 0. The first-order valence-electron chi connectivity index (χ1n) is 19.6. The molecule has 0 spiro atoms. The van der Waals surface area contributed by atoms with Crippen LogP contribution in [0, 0.1) is 5.92 Å². The van der Waals surface area contributed by atoms with Gasteiger partial charge in [0.25, 0.3) is 11.8 Å². The highest BCUT2D eigenvalue weighted by Gasteiger charge is 2.47. The fourth-order valence-electron chi connectivity index (χ4n) is 8.57. The van der Waals surface area contributed by atoms with E-state index >= 15 is 0 Å². The highest BCUT2D eigenvalue weighted by Crippen LogP contribution is 2.39. The summed E-state index contributed by atoms with van der Waals surface area (Å²) in [5.41, 5.74) is 1.66. The topological polar surface area (TPSA) is 156 Å². The van der Waals surface area contributed by atoms with E-state index in [2.05, 4.69) is 15.2 Å². The lowest BCUT2D eigenvalue weighted by atomic mass is 9.72. The number of fused-ring (bicyclic) bond motifs is 4. The van der Waals surface area contributed by atoms with Crippen molar-refractivity contribution in [3.8, 4) is 5.75 Å². The Bertz CT molecular complexity index is 2040. The second kappa shape index (κ2) is 16.8. The van der Waals surface area contributed by atoms with Gasteiger partial charge < -0.3 is 35.1 Å². The van der Waals surface area contributed by atoms with Crippen LogP contribution in [0.2, 0.25) is 0 Å². The molecule has 12 nitrogen and oxygen atoms in total. The number of benzene rings is 3. The molecule has 4 aliphatic heterocycles. The summed E-state index contributed by atoms with van der Waals surface area (Å²) in [6.07, 6.45) is 2.80. The molecule has 8 rings (SSSR count). The van der Waals surface area contributed by atoms with E-state index in [-0.39, 0.29) is 47.3 Å². The number of hydrogen-bond acceptors (Lipinski definition) is 9. The van der Waals surface area contributed by atoms with Crippen molar-refractivity contribution in [1.29, 1.82) is 0 Å². The number of amides is 2. The van der Waals surface area contributed by atoms with Gasteiger partial charge in [-0.2, -0.15) is 0 Å². The zero-order chi connectivity index (χ0) is 38.5. The van der Waals surface area contributed by atoms with Crippen molar-refractivity contribution in [2.45, 2.75) is 56.7 Å². The first-order chi connectivity index (χ1) is 26.7. The molecule has 4 aliphatic rings. The number of H-pyrrole nitrogens is 1. The van der Waals surface area contributed by atoms with Crippen molar-refractivity contribution in [1.82, 2.24) is 25.0 Å². The first kappa shape index (κ1) is 38.2. The summed E-state index contributed by atoms with van der Waals surface area (Å²) in [6.45, 7) is 7.54. The van der Waals surface area contributed by atoms with Crippen LogP contribution < -0.4 is 10.9 Å². The number of phenolic OH excluding ortho intramolecular Hbond substituents is 1. The number of pyridine rings is 1. The minimum atomic E-state index is -0.869. The number of carbonyl (C=O) groups excluding carboxylic acids is 3. The molecule has 4 aromatic rings. The molecule has 0 saturated carbocycles. The van der Waals surface area contributed by atoms with Gasteiger partial charge in [0.15, 0.2) is 0 Å². The Morgan fingerprint density at radius 1 is 0.945 bits per heavy atom. The van der Waals surface area contributed by atoms with Gasteiger partial charge in [-0.05, 0) is 112 Å². The molecular weight excluding hydrogens is 699 g/mol. The van der Waals surface area contributed by atoms with Crippen molar-refractivity contribution < 1.29 is 29.3 Å². The number of carbonyl (C=O) groups is 3. The lowest BCUT2D eigenvalue weighted by Crippen LogP contribution is -2.55. The van der Waals surface area contributed by atoms with Crippen molar-refractivity contribution in [2.75, 3.05) is 58.9 Å². The minimum Gasteiger partial charge on any atom is -0.506 e. The van der Waals surface area contributed by atoms with Gasteiger partial charge in [-0.1, -0.05) is 36.4 Å². The minimum absolute atomic E-state index is 0.0612. The van der Waals surface area contributed by atoms with Crippen LogP contribution in [0.15, 0.2) is 83.7 Å². The van der Waals surface area contributed by atoms with Crippen LogP contribution in [0.1, 0.15) is 77.0 Å². The maximum absolute atomic E-state index is 14.0. The number of aliphatic hydroxyl groups is 1. The number of aliphatic hydroxyl groups excluding tert-OH is 1. The Hall–Kier alpha value is -5.04. The van der Waals surface area contributed by atoms with Crippen LogP contribution >= 0.6 is 0 Å². The zero-order valence-electron chi connectivity index (χ0n) is 31.4. The Morgan fingerprint density at radius 2 is 1.65 bits per heavy atom. The fourth-order valence-corrected chi connectivity index (χ4v) is 8.57. The summed E-state index contributed by atoms with van der Waals surface area (Å²) in [5, 5.41) is 24.8. The maximum Gasteiger partial charge on any atom is 0.317 e. The van der Waals surface area contributed by atoms with Crippen LogP contribution in [0.3, 0.4) is 0 Å². The molecule has 4 fully saturated rings. The third-order valence-corrected chi connectivity index (χ3v) is 11.9. The molecule has 0 aliphatic carbocycles. The van der Waals surface area contributed by atoms with Gasteiger partial charge in [-0.3, -0.25) is 24.1 Å². The Morgan fingerprint density at radius 3 is 2.33 bits per heavy atom. The van der Waals surface area contributed by atoms with Gasteiger partial charge >= 0.3 is 5.97 Å². The number of nitrogens with one attached hydrogen (secondary N) is 2. The third-order valence-electron chi connectivity index (χ3n) is 11.9. The van der Waals surface area contributed by atoms with E-state index in [1.807, 2.05) is 37.3 Å². The number of aromatic nitrogens is 1. The summed E-state index contributed by atoms with van der Waals surface area (Å²) in [5.74, 6) is -0.0719. The summed E-state index contributed by atoms with van der Waals surface area (Å²) in [7, 11) is 0. The quantitative estimate of drug-likeness (QED) is 0.116. The van der Waals surface area contributed by atoms with E-state index < -0.39 is 11.5 Å². The number of aromatic hydroxyl groups is 1. The normalized spacial score (nSPS) is 20.9. The number of phenols is 1. The fraction of sp³-hybridized carbons (Fsp3) is 0.442. The van der Waals surface area contributed by atoms with E-state index in [1.54, 1.807) is 46.2 Å². The highest BCUT2D eigenvalue weighted by atomic mass is 16.5. The monoisotopic (exact) mass is 749 g/mol. The van der Waals surface area contributed by atoms with Crippen LogP contribution in [0.25, 0.3) is 10.9 Å². The molecule has 2 bridgehead atoms. The molecule has 2 unspecified atom stereocenters. The summed E-state index contributed by atoms with van der Waals surface area (Å²) < 4.78 is 6.30. The molecule has 1 aromatic heterocycles. The van der Waals surface area contributed by atoms with E-state index in [9.17, 15) is 29.4 Å². The molecular formula is C43H51N5O7. The molecule has 12 heteroatoms. The van der Waals surface area contributed by atoms with Crippen LogP contribution in [-0.2, 0) is 14.9 Å². The van der Waals surface area contributed by atoms with Gasteiger partial charge in [0.2, 0.25) is 5.56 Å². The number of piperidine rings is 4. The summed E-state index contributed by atoms with van der Waals surface area (Å²) in [4.78, 5) is 61.4. The van der Waals surface area contributed by atoms with E-state index in [1.165, 1.54) is 12.1 Å². The van der Waals surface area contributed by atoms with E-state index in [4.69, 9.17) is 4.74 Å². The van der Waals surface area contributed by atoms with Crippen molar-refractivity contribution in [3.05, 3.63) is 111 Å². The van der Waals surface area contributed by atoms with Gasteiger partial charge in [0.05, 0.1) is 17.0 Å². The molecule has 5 heterocycles. The van der Waals surface area contributed by atoms with Crippen molar-refractivity contribution in [2.24, 2.45) is 5.92 Å². The SMILES string of the molecule is CCN(CCCNCC(O)c1ccc(O)c2[nH]c(=O)ccc12)C(=O)c1ccc(C(=O)N2CCC(C(=O)OC3CN4CCC3CC4)(c3ccccc3)CC2)cc1. The predicted octanol–water partition coefficient (Wildman–Crippen LogP) is 4.22. The van der Waals surface area contributed by atoms with E-state index in [0.717, 1.165) is 38.0 Å². The predicted molar refractivity (Wildman–Crippen MR) is 209 cm³/mol. The molecule has 4 N–H and O–H groups in total. The van der Waals surface area contributed by atoms with Gasteiger partial charge in [0, 0.05) is 61.8 Å². The molecule has 55 heavy (non-hydrogen) atoms. The maximum atomic E-state index is 14.0. The molecule has 2 amide bonds. The molecule has 2 atom stereocenters. The average Bonchev–Trinajstić information content (AvgIpc) is 3.22. The molecule has 3 aromatic carbocycles. The van der Waals surface area contributed by atoms with Crippen molar-refractivity contribution in [3.63, 3.8) is 0 Å². The number of hydrogen-bond donors (Lipinski definition) is 4. The third kappa shape index (κ3) is 8.17. The number of rotatable bonds is 13. The summed E-state index contributed by atoms with van der Waals surface area (Å²) in [6, 6.07) is 22.7. The second-order valence-electron chi connectivity index (χ2n) is 15.1. The number of nitrogens with zero attached hydrogens (tertiary/aromatic N) is 3. The Labute approximate surface area is 321 Å². The lowest BCUT2D eigenvalue weighted by molar-refractivity contribution is -0.167. The first-order valence-corrected chi connectivity index (χ1v) is 19.6. The number of likely N-dealkylation sites (tertiary alicyclic amines) is 1.